The Bertz CT molecular complexity index is 388. The van der Waals surface area contributed by atoms with Crippen LogP contribution in [0.4, 0.5) is 0 Å². The van der Waals surface area contributed by atoms with E-state index in [1.165, 1.54) is 0 Å². The van der Waals surface area contributed by atoms with Crippen LogP contribution < -0.4 is 5.32 Å². The van der Waals surface area contributed by atoms with Crippen molar-refractivity contribution in [2.75, 3.05) is 19.6 Å². The fourth-order valence-electron chi connectivity index (χ4n) is 2.68. The van der Waals surface area contributed by atoms with Crippen LogP contribution in [0.1, 0.15) is 31.9 Å². The molecule has 1 aliphatic heterocycles. The summed E-state index contributed by atoms with van der Waals surface area (Å²) in [6.07, 6.45) is 5.23. The monoisotopic (exact) mass is 261 g/mol. The molecule has 1 aromatic heterocycles. The lowest BCUT2D eigenvalue weighted by Gasteiger charge is -2.34. The van der Waals surface area contributed by atoms with Gasteiger partial charge in [-0.25, -0.2) is 0 Å². The predicted molar refractivity (Wildman–Crippen MR) is 75.8 cm³/mol. The van der Waals surface area contributed by atoms with Crippen LogP contribution in [-0.4, -0.2) is 41.5 Å². The molecular weight excluding hydrogens is 238 g/mol. The lowest BCUT2D eigenvalue weighted by Crippen LogP contribution is -2.46. The molecule has 1 aromatic rings. The highest BCUT2D eigenvalue weighted by Gasteiger charge is 2.23. The predicted octanol–water partition coefficient (Wildman–Crippen LogP) is 1.61. The molecule has 0 unspecified atom stereocenters. The van der Waals surface area contributed by atoms with E-state index in [2.05, 4.69) is 17.2 Å². The van der Waals surface area contributed by atoms with E-state index < -0.39 is 0 Å². The number of carbonyl (C=O) groups excluding carboxylic acids is 1. The molecule has 1 saturated heterocycles. The molecule has 2 rings (SSSR count). The molecule has 1 aliphatic rings. The number of rotatable bonds is 5. The van der Waals surface area contributed by atoms with E-state index in [4.69, 9.17) is 0 Å². The van der Waals surface area contributed by atoms with Crippen molar-refractivity contribution in [2.24, 2.45) is 0 Å². The first-order chi connectivity index (χ1) is 9.31. The minimum Gasteiger partial charge on any atom is -0.340 e. The number of hydrogen-bond acceptors (Lipinski definition) is 3. The van der Waals surface area contributed by atoms with Gasteiger partial charge < -0.3 is 10.2 Å². The van der Waals surface area contributed by atoms with Gasteiger partial charge in [-0.15, -0.1) is 0 Å². The first-order valence-electron chi connectivity index (χ1n) is 7.21. The van der Waals surface area contributed by atoms with Crippen LogP contribution in [0.5, 0.6) is 0 Å². The van der Waals surface area contributed by atoms with Crippen LogP contribution in [-0.2, 0) is 11.2 Å². The molecule has 1 amide bonds. The number of carbonyl (C=O) groups is 1. The van der Waals surface area contributed by atoms with E-state index in [-0.39, 0.29) is 5.91 Å². The van der Waals surface area contributed by atoms with Crippen molar-refractivity contribution in [3.63, 3.8) is 0 Å². The fraction of sp³-hybridized carbons (Fsp3) is 0.600. The van der Waals surface area contributed by atoms with Gasteiger partial charge in [0.2, 0.25) is 5.91 Å². The molecule has 0 aromatic carbocycles. The van der Waals surface area contributed by atoms with Gasteiger partial charge in [-0.1, -0.05) is 6.07 Å². The van der Waals surface area contributed by atoms with Gasteiger partial charge in [-0.3, -0.25) is 9.78 Å². The van der Waals surface area contributed by atoms with E-state index in [0.717, 1.165) is 44.6 Å². The Balaban J connectivity index is 1.86. The number of nitrogens with one attached hydrogen (secondary N) is 1. The van der Waals surface area contributed by atoms with Crippen LogP contribution in [0.3, 0.4) is 0 Å². The number of pyridine rings is 1. The van der Waals surface area contributed by atoms with Crippen molar-refractivity contribution < 1.29 is 4.79 Å². The van der Waals surface area contributed by atoms with E-state index in [1.54, 1.807) is 6.20 Å². The molecule has 0 atom stereocenters. The van der Waals surface area contributed by atoms with Gasteiger partial charge in [0.1, 0.15) is 0 Å². The lowest BCUT2D eigenvalue weighted by atomic mass is 10.0. The Morgan fingerprint density at radius 1 is 1.42 bits per heavy atom. The van der Waals surface area contributed by atoms with Gasteiger partial charge in [0, 0.05) is 30.9 Å². The second-order valence-corrected chi connectivity index (χ2v) is 4.98. The van der Waals surface area contributed by atoms with Crippen molar-refractivity contribution >= 4 is 5.91 Å². The molecule has 0 aliphatic carbocycles. The van der Waals surface area contributed by atoms with Gasteiger partial charge in [0.15, 0.2) is 0 Å². The van der Waals surface area contributed by atoms with Crippen LogP contribution in [0.2, 0.25) is 0 Å². The number of hydrogen-bond donors (Lipinski definition) is 1. The minimum atomic E-state index is 0.264. The summed E-state index contributed by atoms with van der Waals surface area (Å²) in [5.74, 6) is 0.264. The third-order valence-corrected chi connectivity index (χ3v) is 3.73. The SMILES string of the molecule is CCN(C(=O)CCc1ccccn1)C1CCNCC1. The fourth-order valence-corrected chi connectivity index (χ4v) is 2.68. The highest BCUT2D eigenvalue weighted by Crippen LogP contribution is 2.13. The first kappa shape index (κ1) is 14.0. The van der Waals surface area contributed by atoms with E-state index in [1.807, 2.05) is 23.1 Å². The third-order valence-electron chi connectivity index (χ3n) is 3.73. The van der Waals surface area contributed by atoms with Gasteiger partial charge in [-0.2, -0.15) is 0 Å². The summed E-state index contributed by atoms with van der Waals surface area (Å²) in [4.78, 5) is 18.6. The molecule has 4 nitrogen and oxygen atoms in total. The summed E-state index contributed by atoms with van der Waals surface area (Å²) < 4.78 is 0. The Morgan fingerprint density at radius 3 is 2.84 bits per heavy atom. The van der Waals surface area contributed by atoms with Crippen molar-refractivity contribution in [2.45, 2.75) is 38.6 Å². The maximum Gasteiger partial charge on any atom is 0.223 e. The Morgan fingerprint density at radius 2 is 2.21 bits per heavy atom. The maximum absolute atomic E-state index is 12.3. The lowest BCUT2D eigenvalue weighted by molar-refractivity contribution is -0.133. The van der Waals surface area contributed by atoms with Crippen molar-refractivity contribution in [3.8, 4) is 0 Å². The number of piperidine rings is 1. The zero-order chi connectivity index (χ0) is 13.5. The number of amides is 1. The van der Waals surface area contributed by atoms with Crippen molar-refractivity contribution in [1.29, 1.82) is 0 Å². The smallest absolute Gasteiger partial charge is 0.223 e. The second-order valence-electron chi connectivity index (χ2n) is 4.98. The normalized spacial score (nSPS) is 16.3. The zero-order valence-electron chi connectivity index (χ0n) is 11.6. The third kappa shape index (κ3) is 4.03. The van der Waals surface area contributed by atoms with Crippen molar-refractivity contribution in [3.05, 3.63) is 30.1 Å². The van der Waals surface area contributed by atoms with Gasteiger partial charge in [0.05, 0.1) is 0 Å². The topological polar surface area (TPSA) is 45.2 Å². The van der Waals surface area contributed by atoms with Crippen LogP contribution in [0.15, 0.2) is 24.4 Å². The Hall–Kier alpha value is -1.42. The Labute approximate surface area is 115 Å². The molecule has 4 heteroatoms. The molecule has 19 heavy (non-hydrogen) atoms. The van der Waals surface area contributed by atoms with Crippen LogP contribution >= 0.6 is 0 Å². The van der Waals surface area contributed by atoms with Crippen molar-refractivity contribution in [1.82, 2.24) is 15.2 Å². The first-order valence-corrected chi connectivity index (χ1v) is 7.21. The average molecular weight is 261 g/mol. The molecule has 0 saturated carbocycles. The van der Waals surface area contributed by atoms with Gasteiger partial charge in [-0.05, 0) is 51.4 Å². The largest absolute Gasteiger partial charge is 0.340 e. The summed E-state index contributed by atoms with van der Waals surface area (Å²) in [5, 5.41) is 3.34. The summed E-state index contributed by atoms with van der Waals surface area (Å²) >= 11 is 0. The molecular formula is C15H23N3O. The number of aromatic nitrogens is 1. The highest BCUT2D eigenvalue weighted by atomic mass is 16.2. The van der Waals surface area contributed by atoms with Crippen LogP contribution in [0.25, 0.3) is 0 Å². The molecule has 1 fully saturated rings. The summed E-state index contributed by atoms with van der Waals surface area (Å²) in [6.45, 7) is 4.93. The quantitative estimate of drug-likeness (QED) is 0.876. The second kappa shape index (κ2) is 7.24. The van der Waals surface area contributed by atoms with Gasteiger partial charge in [0.25, 0.3) is 0 Å². The number of aryl methyl sites for hydroxylation is 1. The molecule has 104 valence electrons. The summed E-state index contributed by atoms with van der Waals surface area (Å²) in [6, 6.07) is 6.27. The maximum atomic E-state index is 12.3. The minimum absolute atomic E-state index is 0.264. The van der Waals surface area contributed by atoms with Crippen LogP contribution in [0, 0.1) is 0 Å². The summed E-state index contributed by atoms with van der Waals surface area (Å²) in [5.41, 5.74) is 0.997. The van der Waals surface area contributed by atoms with E-state index in [0.29, 0.717) is 12.5 Å². The number of nitrogens with zero attached hydrogens (tertiary/aromatic N) is 2. The summed E-state index contributed by atoms with van der Waals surface area (Å²) in [7, 11) is 0. The molecule has 2 heterocycles. The molecule has 1 N–H and O–H groups in total. The highest BCUT2D eigenvalue weighted by molar-refractivity contribution is 5.76. The average Bonchev–Trinajstić information content (AvgIpc) is 2.48. The zero-order valence-corrected chi connectivity index (χ0v) is 11.6. The Kier molecular flexibility index (Phi) is 5.33. The molecule has 0 spiro atoms. The molecule has 0 bridgehead atoms. The standard InChI is InChI=1S/C15H23N3O/c1-2-18(14-8-11-16-12-9-14)15(19)7-6-13-5-3-4-10-17-13/h3-5,10,14,16H,2,6-9,11-12H2,1H3. The van der Waals surface area contributed by atoms with Gasteiger partial charge >= 0.3 is 0 Å². The van der Waals surface area contributed by atoms with E-state index in [9.17, 15) is 4.79 Å². The molecule has 0 radical (unpaired) electrons. The van der Waals surface area contributed by atoms with E-state index >= 15 is 0 Å².